The first-order valence-corrected chi connectivity index (χ1v) is 7.85. The molecule has 1 unspecified atom stereocenters. The highest BCUT2D eigenvalue weighted by molar-refractivity contribution is 9.10. The van der Waals surface area contributed by atoms with Gasteiger partial charge in [0.1, 0.15) is 6.10 Å². The Morgan fingerprint density at radius 2 is 2.44 bits per heavy atom. The average Bonchev–Trinajstić information content (AvgIpc) is 2.75. The van der Waals surface area contributed by atoms with Crippen LogP contribution in [-0.4, -0.2) is 42.5 Å². The van der Waals surface area contributed by atoms with Crippen LogP contribution in [0.3, 0.4) is 0 Å². The molecule has 2 heterocycles. The maximum absolute atomic E-state index is 12.2. The first-order chi connectivity index (χ1) is 8.58. The lowest BCUT2D eigenvalue weighted by molar-refractivity contribution is -0.136. The highest BCUT2D eigenvalue weighted by Crippen LogP contribution is 2.24. The molecule has 1 atom stereocenters. The number of ether oxygens (including phenoxy) is 1. The van der Waals surface area contributed by atoms with Crippen LogP contribution in [0.4, 0.5) is 0 Å². The summed E-state index contributed by atoms with van der Waals surface area (Å²) in [6.07, 6.45) is 0.199. The molecule has 1 aromatic rings. The fraction of sp³-hybridized carbons (Fsp3) is 0.615. The Hall–Kier alpha value is -0.230. The number of carbonyl (C=O) groups excluding carboxylic acids is 1. The Labute approximate surface area is 120 Å². The topological polar surface area (TPSA) is 29.5 Å². The molecule has 5 heteroatoms. The average molecular weight is 332 g/mol. The summed E-state index contributed by atoms with van der Waals surface area (Å²) in [6.45, 7) is 6.61. The summed E-state index contributed by atoms with van der Waals surface area (Å²) in [7, 11) is 0. The molecule has 1 aliphatic heterocycles. The fourth-order valence-electron chi connectivity index (χ4n) is 2.06. The smallest absolute Gasteiger partial charge is 0.168 e. The van der Waals surface area contributed by atoms with Gasteiger partial charge in [0.25, 0.3) is 0 Å². The largest absolute Gasteiger partial charge is 0.368 e. The van der Waals surface area contributed by atoms with Crippen LogP contribution < -0.4 is 0 Å². The molecule has 100 valence electrons. The predicted molar refractivity (Wildman–Crippen MR) is 77.2 cm³/mol. The molecule has 18 heavy (non-hydrogen) atoms. The first-order valence-electron chi connectivity index (χ1n) is 6.18. The molecule has 0 N–H and O–H groups in total. The third-order valence-electron chi connectivity index (χ3n) is 3.21. The number of ketones is 1. The minimum Gasteiger partial charge on any atom is -0.368 e. The zero-order valence-electron chi connectivity index (χ0n) is 10.7. The van der Waals surface area contributed by atoms with E-state index in [9.17, 15) is 4.79 Å². The Morgan fingerprint density at radius 3 is 3.06 bits per heavy atom. The van der Waals surface area contributed by atoms with E-state index in [1.165, 1.54) is 0 Å². The van der Waals surface area contributed by atoms with Crippen LogP contribution in [0.2, 0.25) is 0 Å². The van der Waals surface area contributed by atoms with Gasteiger partial charge >= 0.3 is 0 Å². The summed E-state index contributed by atoms with van der Waals surface area (Å²) in [5, 5.41) is 1.99. The van der Waals surface area contributed by atoms with Gasteiger partial charge in [0, 0.05) is 34.9 Å². The number of thiophene rings is 1. The molecule has 3 nitrogen and oxygen atoms in total. The summed E-state index contributed by atoms with van der Waals surface area (Å²) in [6, 6.07) is 2.45. The number of Topliss-reactive ketones (excluding diaryl/α,β-unsaturated/α-hetero) is 1. The van der Waals surface area contributed by atoms with Crippen molar-refractivity contribution in [1.82, 2.24) is 4.90 Å². The molecule has 1 aromatic heterocycles. The van der Waals surface area contributed by atoms with Crippen molar-refractivity contribution >= 4 is 33.0 Å². The molecular formula is C13H18BrNO2S. The van der Waals surface area contributed by atoms with Crippen molar-refractivity contribution in [2.45, 2.75) is 32.4 Å². The number of morpholine rings is 1. The Kier molecular flexibility index (Phi) is 4.95. The minimum absolute atomic E-state index is 0.184. The van der Waals surface area contributed by atoms with Crippen molar-refractivity contribution in [2.75, 3.05) is 19.7 Å². The van der Waals surface area contributed by atoms with Crippen LogP contribution >= 0.6 is 27.3 Å². The van der Waals surface area contributed by atoms with Gasteiger partial charge in [0.2, 0.25) is 0 Å². The van der Waals surface area contributed by atoms with Crippen molar-refractivity contribution in [3.05, 3.63) is 20.8 Å². The minimum atomic E-state index is -0.268. The maximum atomic E-state index is 12.2. The molecule has 1 fully saturated rings. The molecule has 0 bridgehead atoms. The Morgan fingerprint density at radius 1 is 1.67 bits per heavy atom. The lowest BCUT2D eigenvalue weighted by Crippen LogP contribution is -2.49. The number of nitrogens with zero attached hydrogens (tertiary/aromatic N) is 1. The van der Waals surface area contributed by atoms with Crippen LogP contribution in [0.25, 0.3) is 0 Å². The Bertz CT molecular complexity index is 419. The van der Waals surface area contributed by atoms with Crippen LogP contribution in [-0.2, 0) is 16.0 Å². The van der Waals surface area contributed by atoms with E-state index in [0.29, 0.717) is 19.1 Å². The zero-order chi connectivity index (χ0) is 13.1. The van der Waals surface area contributed by atoms with Gasteiger partial charge < -0.3 is 4.74 Å². The second-order valence-electron chi connectivity index (χ2n) is 4.78. The van der Waals surface area contributed by atoms with Crippen LogP contribution in [0, 0.1) is 0 Å². The summed E-state index contributed by atoms with van der Waals surface area (Å²) < 4.78 is 6.63. The molecule has 0 aromatic carbocycles. The monoisotopic (exact) mass is 331 g/mol. The van der Waals surface area contributed by atoms with Crippen molar-refractivity contribution in [2.24, 2.45) is 0 Å². The van der Waals surface area contributed by atoms with Gasteiger partial charge in [-0.3, -0.25) is 9.69 Å². The molecule has 0 amide bonds. The molecular weight excluding hydrogens is 314 g/mol. The number of hydrogen-bond donors (Lipinski definition) is 0. The van der Waals surface area contributed by atoms with E-state index in [-0.39, 0.29) is 11.9 Å². The summed E-state index contributed by atoms with van der Waals surface area (Å²) in [4.78, 5) is 15.6. The molecule has 0 radical (unpaired) electrons. The Balaban J connectivity index is 1.95. The van der Waals surface area contributed by atoms with Crippen molar-refractivity contribution in [3.8, 4) is 0 Å². The number of carbonyl (C=O) groups is 1. The molecule has 0 saturated carbocycles. The van der Waals surface area contributed by atoms with Crippen LogP contribution in [0.1, 0.15) is 18.7 Å². The van der Waals surface area contributed by atoms with E-state index in [0.717, 1.165) is 22.4 Å². The highest BCUT2D eigenvalue weighted by Gasteiger charge is 2.28. The molecule has 0 aliphatic carbocycles. The van der Waals surface area contributed by atoms with E-state index < -0.39 is 0 Å². The van der Waals surface area contributed by atoms with Gasteiger partial charge in [0.05, 0.1) is 6.61 Å². The van der Waals surface area contributed by atoms with Gasteiger partial charge in [-0.15, -0.1) is 11.3 Å². The summed E-state index contributed by atoms with van der Waals surface area (Å²) >= 11 is 5.07. The van der Waals surface area contributed by atoms with E-state index >= 15 is 0 Å². The van der Waals surface area contributed by atoms with E-state index in [4.69, 9.17) is 4.74 Å². The van der Waals surface area contributed by atoms with E-state index in [2.05, 4.69) is 34.7 Å². The standard InChI is InChI=1S/C13H18BrNO2S/c1-9(2)15-4-5-17-12(8-15)11(16)7-13-10(14)3-6-18-13/h3,6,9,12H,4-5,7-8H2,1-2H3. The van der Waals surface area contributed by atoms with E-state index in [1.54, 1.807) is 11.3 Å². The zero-order valence-corrected chi connectivity index (χ0v) is 13.1. The number of rotatable bonds is 4. The number of hydrogen-bond acceptors (Lipinski definition) is 4. The van der Waals surface area contributed by atoms with E-state index in [1.807, 2.05) is 11.4 Å². The lowest BCUT2D eigenvalue weighted by Gasteiger charge is -2.34. The van der Waals surface area contributed by atoms with Gasteiger partial charge in [-0.25, -0.2) is 0 Å². The third kappa shape index (κ3) is 3.41. The SMILES string of the molecule is CC(C)N1CCOC(C(=O)Cc2sccc2Br)C1. The first kappa shape index (κ1) is 14.2. The second kappa shape index (κ2) is 6.28. The van der Waals surface area contributed by atoms with Gasteiger partial charge in [-0.05, 0) is 41.2 Å². The third-order valence-corrected chi connectivity index (χ3v) is 5.14. The maximum Gasteiger partial charge on any atom is 0.168 e. The highest BCUT2D eigenvalue weighted by atomic mass is 79.9. The molecule has 1 aliphatic rings. The predicted octanol–water partition coefficient (Wildman–Crippen LogP) is 2.73. The van der Waals surface area contributed by atoms with Crippen molar-refractivity contribution in [3.63, 3.8) is 0 Å². The molecule has 2 rings (SSSR count). The van der Waals surface area contributed by atoms with Crippen LogP contribution in [0.15, 0.2) is 15.9 Å². The van der Waals surface area contributed by atoms with Gasteiger partial charge in [0.15, 0.2) is 5.78 Å². The summed E-state index contributed by atoms with van der Waals surface area (Å²) in [5.74, 6) is 0.184. The van der Waals surface area contributed by atoms with Gasteiger partial charge in [-0.2, -0.15) is 0 Å². The lowest BCUT2D eigenvalue weighted by atomic mass is 10.1. The summed E-state index contributed by atoms with van der Waals surface area (Å²) in [5.41, 5.74) is 0. The fourth-order valence-corrected chi connectivity index (χ4v) is 3.56. The molecule has 1 saturated heterocycles. The second-order valence-corrected chi connectivity index (χ2v) is 6.64. The van der Waals surface area contributed by atoms with Crippen LogP contribution in [0.5, 0.6) is 0 Å². The van der Waals surface area contributed by atoms with Gasteiger partial charge in [-0.1, -0.05) is 0 Å². The quantitative estimate of drug-likeness (QED) is 0.849. The molecule has 0 spiro atoms. The van der Waals surface area contributed by atoms with Crippen molar-refractivity contribution < 1.29 is 9.53 Å². The normalized spacial score (nSPS) is 21.4. The van der Waals surface area contributed by atoms with Crippen molar-refractivity contribution in [1.29, 1.82) is 0 Å². The number of halogens is 1.